The number of rotatable bonds is 6. The lowest BCUT2D eigenvalue weighted by Gasteiger charge is -2.51. The molecule has 0 radical (unpaired) electrons. The minimum absolute atomic E-state index is 0.326. The van der Waals surface area contributed by atoms with Gasteiger partial charge in [-0.2, -0.15) is 0 Å². The maximum absolute atomic E-state index is 11.0. The van der Waals surface area contributed by atoms with Crippen LogP contribution in [0, 0.1) is 0 Å². The number of piperidine rings is 1. The Hall–Kier alpha value is -2.46. The van der Waals surface area contributed by atoms with Crippen LogP contribution in [0.25, 0.3) is 0 Å². The molecule has 3 heteroatoms. The number of aliphatic hydroxyl groups is 1. The fourth-order valence-electron chi connectivity index (χ4n) is 5.63. The predicted octanol–water partition coefficient (Wildman–Crippen LogP) is 4.75. The Morgan fingerprint density at radius 1 is 0.774 bits per heavy atom. The number of hydrogen-bond acceptors (Lipinski definition) is 3. The van der Waals surface area contributed by atoms with Gasteiger partial charge in [-0.1, -0.05) is 91.0 Å². The molecule has 2 fully saturated rings. The Morgan fingerprint density at radius 3 is 1.90 bits per heavy atom. The zero-order valence-electron chi connectivity index (χ0n) is 18.0. The van der Waals surface area contributed by atoms with E-state index in [1.54, 1.807) is 0 Å². The average molecular weight is 413 g/mol. The number of nitrogens with zero attached hydrogens (tertiary/aromatic N) is 1. The van der Waals surface area contributed by atoms with Crippen molar-refractivity contribution in [3.63, 3.8) is 0 Å². The molecule has 2 saturated heterocycles. The summed E-state index contributed by atoms with van der Waals surface area (Å²) in [5.41, 5.74) is 3.79. The van der Waals surface area contributed by atoms with E-state index in [0.717, 1.165) is 25.1 Å². The van der Waals surface area contributed by atoms with Crippen molar-refractivity contribution in [2.75, 3.05) is 13.1 Å². The number of nitrogens with one attached hydrogen (secondary N) is 1. The van der Waals surface area contributed by atoms with Crippen LogP contribution in [-0.4, -0.2) is 41.2 Å². The first-order chi connectivity index (χ1) is 15.3. The maximum Gasteiger partial charge on any atom is 0.0805 e. The summed E-state index contributed by atoms with van der Waals surface area (Å²) in [5.74, 6) is 0.345. The lowest BCUT2D eigenvalue weighted by atomic mass is 9.78. The summed E-state index contributed by atoms with van der Waals surface area (Å²) in [6, 6.07) is 33.4. The molecule has 5 atom stereocenters. The number of fused-ring (bicyclic) bond motifs is 2. The number of piperazine rings is 1. The van der Waals surface area contributed by atoms with Gasteiger partial charge in [-0.25, -0.2) is 0 Å². The summed E-state index contributed by atoms with van der Waals surface area (Å²) in [5, 5.41) is 14.7. The van der Waals surface area contributed by atoms with Crippen molar-refractivity contribution in [2.45, 2.75) is 49.4 Å². The van der Waals surface area contributed by atoms with Crippen LogP contribution >= 0.6 is 0 Å². The normalized spacial score (nSPS) is 26.5. The van der Waals surface area contributed by atoms with E-state index < -0.39 is 6.10 Å². The van der Waals surface area contributed by atoms with Gasteiger partial charge in [-0.05, 0) is 36.0 Å². The monoisotopic (exact) mass is 412 g/mol. The Balaban J connectivity index is 1.45. The molecule has 0 saturated carbocycles. The van der Waals surface area contributed by atoms with E-state index in [2.05, 4.69) is 70.9 Å². The van der Waals surface area contributed by atoms with Crippen molar-refractivity contribution in [1.29, 1.82) is 0 Å². The summed E-state index contributed by atoms with van der Waals surface area (Å²) in [6.45, 7) is 2.01. The highest BCUT2D eigenvalue weighted by Gasteiger charge is 2.41. The topological polar surface area (TPSA) is 35.5 Å². The van der Waals surface area contributed by atoms with Gasteiger partial charge < -0.3 is 10.4 Å². The fraction of sp³-hybridized carbons (Fsp3) is 0.357. The molecule has 5 rings (SSSR count). The maximum atomic E-state index is 11.0. The first-order valence-electron chi connectivity index (χ1n) is 11.6. The Morgan fingerprint density at radius 2 is 1.32 bits per heavy atom. The summed E-state index contributed by atoms with van der Waals surface area (Å²) in [7, 11) is 0. The average Bonchev–Trinajstić information content (AvgIpc) is 2.84. The molecule has 2 bridgehead atoms. The van der Waals surface area contributed by atoms with E-state index in [4.69, 9.17) is 0 Å². The van der Waals surface area contributed by atoms with E-state index >= 15 is 0 Å². The third-order valence-electron chi connectivity index (χ3n) is 7.16. The third kappa shape index (κ3) is 4.45. The molecule has 2 N–H and O–H groups in total. The van der Waals surface area contributed by atoms with Crippen LogP contribution in [-0.2, 0) is 0 Å². The minimum Gasteiger partial charge on any atom is -0.388 e. The van der Waals surface area contributed by atoms with Crippen molar-refractivity contribution in [3.8, 4) is 0 Å². The van der Waals surface area contributed by atoms with Gasteiger partial charge in [0.1, 0.15) is 0 Å². The first-order valence-corrected chi connectivity index (χ1v) is 11.6. The summed E-state index contributed by atoms with van der Waals surface area (Å²) >= 11 is 0. The van der Waals surface area contributed by atoms with Crippen LogP contribution in [0.3, 0.4) is 0 Å². The second-order valence-electron chi connectivity index (χ2n) is 9.06. The van der Waals surface area contributed by atoms with Gasteiger partial charge in [-0.3, -0.25) is 4.90 Å². The van der Waals surface area contributed by atoms with Gasteiger partial charge in [-0.15, -0.1) is 0 Å². The molecule has 0 spiro atoms. The van der Waals surface area contributed by atoms with Crippen LogP contribution in [0.15, 0.2) is 91.0 Å². The highest BCUT2D eigenvalue weighted by molar-refractivity contribution is 5.35. The largest absolute Gasteiger partial charge is 0.388 e. The lowest BCUT2D eigenvalue weighted by molar-refractivity contribution is 0.00698. The molecule has 2 aliphatic rings. The molecule has 3 aromatic rings. The predicted molar refractivity (Wildman–Crippen MR) is 126 cm³/mol. The van der Waals surface area contributed by atoms with E-state index in [0.29, 0.717) is 24.0 Å². The Bertz CT molecular complexity index is 907. The number of hydrogen-bond donors (Lipinski definition) is 2. The second kappa shape index (κ2) is 9.35. The number of aliphatic hydroxyl groups excluding tert-OH is 1. The van der Waals surface area contributed by atoms with Gasteiger partial charge >= 0.3 is 0 Å². The van der Waals surface area contributed by atoms with Crippen LogP contribution in [0.2, 0.25) is 0 Å². The van der Waals surface area contributed by atoms with E-state index in [1.165, 1.54) is 24.0 Å². The highest BCUT2D eigenvalue weighted by atomic mass is 16.3. The molecule has 2 heterocycles. The molecule has 0 amide bonds. The quantitative estimate of drug-likeness (QED) is 0.613. The highest BCUT2D eigenvalue weighted by Crippen LogP contribution is 2.39. The van der Waals surface area contributed by atoms with Gasteiger partial charge in [0, 0.05) is 37.1 Å². The van der Waals surface area contributed by atoms with Crippen molar-refractivity contribution in [3.05, 3.63) is 108 Å². The molecule has 0 aromatic heterocycles. The summed E-state index contributed by atoms with van der Waals surface area (Å²) in [6.07, 6.45) is 2.71. The number of benzene rings is 3. The van der Waals surface area contributed by atoms with Crippen LogP contribution in [0.4, 0.5) is 0 Å². The standard InChI is InChI=1S/C28H32N2O/c31-27(21-10-4-1-5-11-21)18-25-19-29-24-16-17-26(30(25)20-24)28(22-12-6-2-7-13-22)23-14-8-3-9-15-23/h1-15,24-29,31H,16-20H2/t24-,25?,26-,27-/m0/s1. The van der Waals surface area contributed by atoms with Crippen molar-refractivity contribution in [1.82, 2.24) is 10.2 Å². The van der Waals surface area contributed by atoms with E-state index in [1.807, 2.05) is 30.3 Å². The van der Waals surface area contributed by atoms with Crippen molar-refractivity contribution >= 4 is 0 Å². The first kappa shape index (κ1) is 20.4. The molecular weight excluding hydrogens is 380 g/mol. The van der Waals surface area contributed by atoms with E-state index in [9.17, 15) is 5.11 Å². The van der Waals surface area contributed by atoms with Crippen molar-refractivity contribution < 1.29 is 5.11 Å². The Kier molecular flexibility index (Phi) is 6.17. The van der Waals surface area contributed by atoms with Gasteiger partial charge in [0.05, 0.1) is 6.10 Å². The molecule has 2 unspecified atom stereocenters. The SMILES string of the molecule is O[C@@H](CC1CN[C@H]2CC[C@@H](C(c3ccccc3)c3ccccc3)N1C2)c1ccccc1. The van der Waals surface area contributed by atoms with E-state index in [-0.39, 0.29) is 0 Å². The molecule has 3 nitrogen and oxygen atoms in total. The van der Waals surface area contributed by atoms with Crippen LogP contribution in [0.5, 0.6) is 0 Å². The molecule has 3 aromatic carbocycles. The smallest absolute Gasteiger partial charge is 0.0805 e. The van der Waals surface area contributed by atoms with Crippen LogP contribution in [0.1, 0.15) is 48.0 Å². The molecular formula is C28H32N2O. The van der Waals surface area contributed by atoms with Gasteiger partial charge in [0.15, 0.2) is 0 Å². The fourth-order valence-corrected chi connectivity index (χ4v) is 5.63. The zero-order valence-corrected chi connectivity index (χ0v) is 18.0. The molecule has 2 aliphatic heterocycles. The van der Waals surface area contributed by atoms with Gasteiger partial charge in [0.2, 0.25) is 0 Å². The molecule has 31 heavy (non-hydrogen) atoms. The molecule has 0 aliphatic carbocycles. The summed E-state index contributed by atoms with van der Waals surface area (Å²) < 4.78 is 0. The van der Waals surface area contributed by atoms with Crippen LogP contribution < -0.4 is 5.32 Å². The van der Waals surface area contributed by atoms with Gasteiger partial charge in [0.25, 0.3) is 0 Å². The summed E-state index contributed by atoms with van der Waals surface area (Å²) in [4.78, 5) is 2.71. The zero-order chi connectivity index (χ0) is 21.0. The second-order valence-corrected chi connectivity index (χ2v) is 9.06. The molecule has 160 valence electrons. The lowest BCUT2D eigenvalue weighted by Crippen LogP contribution is -2.64. The third-order valence-corrected chi connectivity index (χ3v) is 7.16. The minimum atomic E-state index is -0.431. The van der Waals surface area contributed by atoms with Crippen molar-refractivity contribution in [2.24, 2.45) is 0 Å². The Labute approximate surface area is 185 Å².